The second-order valence-corrected chi connectivity index (χ2v) is 7.16. The summed E-state index contributed by atoms with van der Waals surface area (Å²) in [5, 5.41) is 0. The Morgan fingerprint density at radius 2 is 0.708 bits per heavy atom. The van der Waals surface area contributed by atoms with Gasteiger partial charge in [0.1, 0.15) is 0 Å². The van der Waals surface area contributed by atoms with Gasteiger partial charge >= 0.3 is 0 Å². The maximum atomic E-state index is 3.29. The Morgan fingerprint density at radius 3 is 1.08 bits per heavy atom. The van der Waals surface area contributed by atoms with Gasteiger partial charge in [-0.3, -0.25) is 10.9 Å². The summed E-state index contributed by atoms with van der Waals surface area (Å²) < 4.78 is 0. The zero-order valence-electron chi connectivity index (χ0n) is 16.8. The lowest BCUT2D eigenvalue weighted by Crippen LogP contribution is -2.32. The van der Waals surface area contributed by atoms with Gasteiger partial charge in [-0.1, -0.05) is 110 Å². The molecule has 0 saturated carbocycles. The minimum atomic E-state index is 0. The second-order valence-electron chi connectivity index (χ2n) is 7.16. The fourth-order valence-electron chi connectivity index (χ4n) is 3.06. The van der Waals surface area contributed by atoms with Gasteiger partial charge in [0.2, 0.25) is 0 Å². The molecule has 0 aromatic heterocycles. The van der Waals surface area contributed by atoms with Gasteiger partial charge in [-0.2, -0.15) is 0 Å². The summed E-state index contributed by atoms with van der Waals surface area (Å²) >= 11 is 0. The van der Waals surface area contributed by atoms with E-state index in [0.29, 0.717) is 0 Å². The second kappa shape index (κ2) is 25.5. The summed E-state index contributed by atoms with van der Waals surface area (Å²) in [7, 11) is 0. The molecule has 0 atom stereocenters. The van der Waals surface area contributed by atoms with Crippen LogP contribution in [0, 0.1) is 0 Å². The van der Waals surface area contributed by atoms with E-state index in [9.17, 15) is 0 Å². The van der Waals surface area contributed by atoms with E-state index in [1.807, 2.05) is 0 Å². The first-order valence-electron chi connectivity index (χ1n) is 10.9. The number of hydrogen-bond acceptors (Lipinski definition) is 2. The quantitative estimate of drug-likeness (QED) is 0.177. The van der Waals surface area contributed by atoms with Crippen LogP contribution in [0.2, 0.25) is 0 Å². The van der Waals surface area contributed by atoms with Crippen LogP contribution in [-0.2, 0) is 0 Å². The molecule has 2 N–H and O–H groups in total. The summed E-state index contributed by atoms with van der Waals surface area (Å²) in [6, 6.07) is 0. The highest BCUT2D eigenvalue weighted by molar-refractivity contribution is 5.85. The largest absolute Gasteiger partial charge is 0.258 e. The molecule has 0 heterocycles. The SMILES string of the molecule is CCCCCCCCCCCCCCCCCCNNCCC.Cl. The maximum Gasteiger partial charge on any atom is 0.00997 e. The number of unbranched alkanes of at least 4 members (excludes halogenated alkanes) is 15. The van der Waals surface area contributed by atoms with Crippen LogP contribution in [-0.4, -0.2) is 13.1 Å². The molecule has 0 fully saturated rings. The van der Waals surface area contributed by atoms with Crippen molar-refractivity contribution in [3.8, 4) is 0 Å². The fraction of sp³-hybridized carbons (Fsp3) is 1.00. The molecule has 0 spiro atoms. The minimum absolute atomic E-state index is 0. The highest BCUT2D eigenvalue weighted by atomic mass is 35.5. The Balaban J connectivity index is 0. The molecule has 0 bridgehead atoms. The molecule has 3 heteroatoms. The number of hydrazine groups is 1. The molecular weight excluding hydrogens is 316 g/mol. The van der Waals surface area contributed by atoms with E-state index in [4.69, 9.17) is 0 Å². The third-order valence-electron chi connectivity index (χ3n) is 4.66. The first-order valence-corrected chi connectivity index (χ1v) is 10.9. The Kier molecular flexibility index (Phi) is 28.0. The molecule has 0 radical (unpaired) electrons. The molecule has 0 saturated heterocycles. The number of hydrogen-bond donors (Lipinski definition) is 2. The van der Waals surface area contributed by atoms with Crippen molar-refractivity contribution in [2.24, 2.45) is 0 Å². The van der Waals surface area contributed by atoms with Crippen molar-refractivity contribution >= 4 is 12.4 Å². The summed E-state index contributed by atoms with van der Waals surface area (Å²) in [6.07, 6.45) is 24.3. The number of halogens is 1. The van der Waals surface area contributed by atoms with Gasteiger partial charge in [0.05, 0.1) is 0 Å². The first-order chi connectivity index (χ1) is 11.4. The average molecular weight is 363 g/mol. The molecule has 0 aliphatic rings. The van der Waals surface area contributed by atoms with Crippen molar-refractivity contribution in [1.82, 2.24) is 10.9 Å². The topological polar surface area (TPSA) is 24.1 Å². The van der Waals surface area contributed by atoms with Crippen LogP contribution >= 0.6 is 12.4 Å². The average Bonchev–Trinajstić information content (AvgIpc) is 2.57. The monoisotopic (exact) mass is 362 g/mol. The third-order valence-corrected chi connectivity index (χ3v) is 4.66. The molecule has 0 aromatic carbocycles. The zero-order chi connectivity index (χ0) is 16.8. The smallest absolute Gasteiger partial charge is 0.00997 e. The molecule has 0 unspecified atom stereocenters. The Hall–Kier alpha value is 0.210. The van der Waals surface area contributed by atoms with Gasteiger partial charge in [0.25, 0.3) is 0 Å². The lowest BCUT2D eigenvalue weighted by atomic mass is 10.0. The normalized spacial score (nSPS) is 10.8. The summed E-state index contributed by atoms with van der Waals surface area (Å²) in [4.78, 5) is 0. The van der Waals surface area contributed by atoms with Crippen LogP contribution in [0.25, 0.3) is 0 Å². The maximum absolute atomic E-state index is 3.29. The van der Waals surface area contributed by atoms with Crippen LogP contribution in [0.15, 0.2) is 0 Å². The molecule has 0 rings (SSSR count). The van der Waals surface area contributed by atoms with Gasteiger partial charge in [-0.25, -0.2) is 0 Å². The highest BCUT2D eigenvalue weighted by Crippen LogP contribution is 2.13. The lowest BCUT2D eigenvalue weighted by molar-refractivity contribution is 0.493. The van der Waals surface area contributed by atoms with E-state index in [1.54, 1.807) is 0 Å². The van der Waals surface area contributed by atoms with Gasteiger partial charge in [0, 0.05) is 13.1 Å². The summed E-state index contributed by atoms with van der Waals surface area (Å²) in [5.74, 6) is 0. The minimum Gasteiger partial charge on any atom is -0.258 e. The molecule has 148 valence electrons. The van der Waals surface area contributed by atoms with Crippen LogP contribution in [0.5, 0.6) is 0 Å². The van der Waals surface area contributed by atoms with Crippen LogP contribution < -0.4 is 10.9 Å². The van der Waals surface area contributed by atoms with Crippen molar-refractivity contribution in [2.45, 2.75) is 123 Å². The van der Waals surface area contributed by atoms with Crippen LogP contribution in [0.3, 0.4) is 0 Å². The van der Waals surface area contributed by atoms with E-state index in [1.165, 1.54) is 109 Å². The Morgan fingerprint density at radius 1 is 0.375 bits per heavy atom. The number of rotatable bonds is 20. The molecular formula is C21H47ClN2. The third kappa shape index (κ3) is 24.5. The van der Waals surface area contributed by atoms with Crippen molar-refractivity contribution < 1.29 is 0 Å². The van der Waals surface area contributed by atoms with E-state index in [-0.39, 0.29) is 12.4 Å². The predicted octanol–water partition coefficient (Wildman–Crippen LogP) is 7.17. The Bertz CT molecular complexity index is 180. The standard InChI is InChI=1S/C21H46N2.ClH/c1-3-5-6-7-8-9-10-11-12-13-14-15-16-17-18-19-21-23-22-20-4-2;/h22-23H,3-21H2,1-2H3;1H. The molecule has 2 nitrogen and oxygen atoms in total. The zero-order valence-corrected chi connectivity index (χ0v) is 17.7. The van der Waals surface area contributed by atoms with Gasteiger partial charge in [-0.15, -0.1) is 12.4 Å². The fourth-order valence-corrected chi connectivity index (χ4v) is 3.06. The van der Waals surface area contributed by atoms with Crippen LogP contribution in [0.1, 0.15) is 123 Å². The van der Waals surface area contributed by atoms with Crippen molar-refractivity contribution in [1.29, 1.82) is 0 Å². The van der Waals surface area contributed by atoms with Gasteiger partial charge in [0.15, 0.2) is 0 Å². The summed E-state index contributed by atoms with van der Waals surface area (Å²) in [6.45, 7) is 6.70. The van der Waals surface area contributed by atoms with Crippen LogP contribution in [0.4, 0.5) is 0 Å². The lowest BCUT2D eigenvalue weighted by Gasteiger charge is -2.05. The van der Waals surface area contributed by atoms with E-state index >= 15 is 0 Å². The Labute approximate surface area is 159 Å². The summed E-state index contributed by atoms with van der Waals surface area (Å²) in [5.41, 5.74) is 6.52. The van der Waals surface area contributed by atoms with Crippen molar-refractivity contribution in [3.05, 3.63) is 0 Å². The highest BCUT2D eigenvalue weighted by Gasteiger charge is 1.94. The van der Waals surface area contributed by atoms with E-state index in [2.05, 4.69) is 24.7 Å². The van der Waals surface area contributed by atoms with E-state index < -0.39 is 0 Å². The molecule has 24 heavy (non-hydrogen) atoms. The molecule has 0 aliphatic heterocycles. The molecule has 0 aromatic rings. The van der Waals surface area contributed by atoms with E-state index in [0.717, 1.165) is 13.1 Å². The molecule has 0 aliphatic carbocycles. The van der Waals surface area contributed by atoms with Gasteiger partial charge in [-0.05, 0) is 12.8 Å². The van der Waals surface area contributed by atoms with Crippen molar-refractivity contribution in [2.75, 3.05) is 13.1 Å². The molecule has 0 amide bonds. The number of nitrogens with one attached hydrogen (secondary N) is 2. The van der Waals surface area contributed by atoms with Crippen molar-refractivity contribution in [3.63, 3.8) is 0 Å². The van der Waals surface area contributed by atoms with Gasteiger partial charge < -0.3 is 0 Å². The predicted molar refractivity (Wildman–Crippen MR) is 113 cm³/mol. The first kappa shape index (κ1) is 26.4.